The largest absolute Gasteiger partial charge is 0.268 e. The molecule has 23 heavy (non-hydrogen) atoms. The third kappa shape index (κ3) is 4.93. The minimum absolute atomic E-state index is 0.118. The molecule has 0 aromatic carbocycles. The van der Waals surface area contributed by atoms with E-state index in [1.54, 1.807) is 0 Å². The first kappa shape index (κ1) is 22.9. The molecule has 0 spiro atoms. The normalized spacial score (nSPS) is 14.3. The second-order valence-electron chi connectivity index (χ2n) is 8.76. The summed E-state index contributed by atoms with van der Waals surface area (Å²) in [6.07, 6.45) is 0. The molecule has 0 rings (SSSR count). The van der Waals surface area contributed by atoms with E-state index in [1.165, 1.54) is 0 Å². The Hall–Kier alpha value is -0.120. The lowest BCUT2D eigenvalue weighted by atomic mass is 10.0. The predicted molar refractivity (Wildman–Crippen MR) is 105 cm³/mol. The molecule has 0 unspecified atom stereocenters. The molecule has 0 amide bonds. The third-order valence-corrected chi connectivity index (χ3v) is 4.81. The van der Waals surface area contributed by atoms with E-state index >= 15 is 0 Å². The van der Waals surface area contributed by atoms with Gasteiger partial charge in [-0.1, -0.05) is 0 Å². The van der Waals surface area contributed by atoms with E-state index in [-0.39, 0.29) is 5.79 Å². The molecule has 0 fully saturated rings. The van der Waals surface area contributed by atoms with Gasteiger partial charge in [-0.2, -0.15) is 0 Å². The Bertz CT molecular complexity index is 257. The van der Waals surface area contributed by atoms with Crippen LogP contribution >= 0.6 is 0 Å². The lowest BCUT2D eigenvalue weighted by molar-refractivity contribution is -0.220. The lowest BCUT2D eigenvalue weighted by Crippen LogP contribution is -2.75. The molecular weight excluding hydrogens is 282 g/mol. The van der Waals surface area contributed by atoms with E-state index < -0.39 is 0 Å². The molecule has 0 atom stereocenters. The van der Waals surface area contributed by atoms with Gasteiger partial charge < -0.3 is 0 Å². The van der Waals surface area contributed by atoms with Crippen LogP contribution < -0.4 is 0 Å². The molecule has 140 valence electrons. The van der Waals surface area contributed by atoms with Crippen LogP contribution in [-0.2, 0) is 0 Å². The van der Waals surface area contributed by atoms with Crippen molar-refractivity contribution in [3.05, 3.63) is 0 Å². The molecule has 0 heterocycles. The first-order valence-corrected chi connectivity index (χ1v) is 9.65. The first-order valence-electron chi connectivity index (χ1n) is 9.65. The molecular formula is C20H45N3. The zero-order valence-electron chi connectivity index (χ0n) is 18.3. The van der Waals surface area contributed by atoms with Gasteiger partial charge in [-0.05, 0) is 90.0 Å². The fourth-order valence-electron chi connectivity index (χ4n) is 5.12. The van der Waals surface area contributed by atoms with Gasteiger partial charge in [0, 0.05) is 36.3 Å². The van der Waals surface area contributed by atoms with E-state index in [9.17, 15) is 0 Å². The number of rotatable bonds is 9. The van der Waals surface area contributed by atoms with Crippen molar-refractivity contribution < 1.29 is 0 Å². The maximum Gasteiger partial charge on any atom is 0.129 e. The number of hydrogen-bond donors (Lipinski definition) is 0. The third-order valence-electron chi connectivity index (χ3n) is 4.81. The molecule has 3 nitrogen and oxygen atoms in total. The van der Waals surface area contributed by atoms with Gasteiger partial charge in [0.05, 0.1) is 0 Å². The highest BCUT2D eigenvalue weighted by Crippen LogP contribution is 2.35. The van der Waals surface area contributed by atoms with Crippen LogP contribution in [0.3, 0.4) is 0 Å². The molecule has 0 radical (unpaired) electrons. The monoisotopic (exact) mass is 327 g/mol. The summed E-state index contributed by atoms with van der Waals surface area (Å²) in [5.74, 6) is -0.118. The Morgan fingerprint density at radius 2 is 0.522 bits per heavy atom. The summed E-state index contributed by atoms with van der Waals surface area (Å²) in [6.45, 7) is 30.4. The SMILES string of the molecule is CC(C)N(C(C)C)C(C)(N(C(C)C)C(C)C)N(C(C)C)C(C)C. The van der Waals surface area contributed by atoms with E-state index in [2.05, 4.69) is 105 Å². The van der Waals surface area contributed by atoms with Crippen LogP contribution in [0.15, 0.2) is 0 Å². The van der Waals surface area contributed by atoms with E-state index in [4.69, 9.17) is 0 Å². The molecule has 0 aliphatic heterocycles. The van der Waals surface area contributed by atoms with Crippen molar-refractivity contribution in [3.8, 4) is 0 Å². The van der Waals surface area contributed by atoms with E-state index in [0.717, 1.165) is 0 Å². The summed E-state index contributed by atoms with van der Waals surface area (Å²) >= 11 is 0. The van der Waals surface area contributed by atoms with Crippen LogP contribution in [0, 0.1) is 0 Å². The van der Waals surface area contributed by atoms with Crippen molar-refractivity contribution in [2.45, 2.75) is 132 Å². The zero-order chi connectivity index (χ0) is 18.7. The maximum absolute atomic E-state index is 2.69. The van der Waals surface area contributed by atoms with Gasteiger partial charge >= 0.3 is 0 Å². The average Bonchev–Trinajstić information content (AvgIpc) is 2.23. The summed E-state index contributed by atoms with van der Waals surface area (Å²) in [4.78, 5) is 8.06. The molecule has 0 saturated carbocycles. The van der Waals surface area contributed by atoms with Crippen molar-refractivity contribution in [1.82, 2.24) is 14.7 Å². The van der Waals surface area contributed by atoms with Crippen LogP contribution in [0.2, 0.25) is 0 Å². The van der Waals surface area contributed by atoms with Crippen LogP contribution in [0.4, 0.5) is 0 Å². The van der Waals surface area contributed by atoms with Crippen LogP contribution in [0.5, 0.6) is 0 Å². The zero-order valence-corrected chi connectivity index (χ0v) is 18.3. The second-order valence-corrected chi connectivity index (χ2v) is 8.76. The van der Waals surface area contributed by atoms with Crippen molar-refractivity contribution in [2.24, 2.45) is 0 Å². The Morgan fingerprint density at radius 3 is 0.609 bits per heavy atom. The van der Waals surface area contributed by atoms with E-state index in [1.807, 2.05) is 0 Å². The highest BCUT2D eigenvalue weighted by Gasteiger charge is 2.48. The Labute approximate surface area is 147 Å². The van der Waals surface area contributed by atoms with Crippen molar-refractivity contribution in [1.29, 1.82) is 0 Å². The highest BCUT2D eigenvalue weighted by atomic mass is 15.6. The first-order chi connectivity index (χ1) is 10.3. The minimum atomic E-state index is -0.118. The highest BCUT2D eigenvalue weighted by molar-refractivity contribution is 4.96. The quantitative estimate of drug-likeness (QED) is 0.551. The molecule has 0 N–H and O–H groups in total. The fourth-order valence-corrected chi connectivity index (χ4v) is 5.12. The van der Waals surface area contributed by atoms with Crippen molar-refractivity contribution in [3.63, 3.8) is 0 Å². The second kappa shape index (κ2) is 8.82. The Balaban J connectivity index is 6.45. The van der Waals surface area contributed by atoms with Gasteiger partial charge in [0.25, 0.3) is 0 Å². The summed E-state index contributed by atoms with van der Waals surface area (Å²) in [5.41, 5.74) is 0. The van der Waals surface area contributed by atoms with Gasteiger partial charge in [0.1, 0.15) is 5.79 Å². The van der Waals surface area contributed by atoms with Crippen molar-refractivity contribution in [2.75, 3.05) is 0 Å². The van der Waals surface area contributed by atoms with Crippen LogP contribution in [0.25, 0.3) is 0 Å². The van der Waals surface area contributed by atoms with Crippen molar-refractivity contribution >= 4 is 0 Å². The van der Waals surface area contributed by atoms with Gasteiger partial charge in [0.2, 0.25) is 0 Å². The summed E-state index contributed by atoms with van der Waals surface area (Å²) in [6, 6.07) is 2.92. The number of nitrogens with zero attached hydrogens (tertiary/aromatic N) is 3. The van der Waals surface area contributed by atoms with E-state index in [0.29, 0.717) is 36.3 Å². The summed E-state index contributed by atoms with van der Waals surface area (Å²) in [5, 5.41) is 0. The molecule has 0 aromatic heterocycles. The molecule has 0 bridgehead atoms. The summed E-state index contributed by atoms with van der Waals surface area (Å²) < 4.78 is 0. The van der Waals surface area contributed by atoms with Gasteiger partial charge in [-0.15, -0.1) is 0 Å². The van der Waals surface area contributed by atoms with Gasteiger partial charge in [-0.25, -0.2) is 0 Å². The molecule has 0 saturated heterocycles. The molecule has 0 aliphatic rings. The number of hydrogen-bond acceptors (Lipinski definition) is 3. The van der Waals surface area contributed by atoms with Gasteiger partial charge in [-0.3, -0.25) is 14.7 Å². The molecule has 0 aliphatic carbocycles. The van der Waals surface area contributed by atoms with Crippen LogP contribution in [0.1, 0.15) is 90.0 Å². The Morgan fingerprint density at radius 1 is 0.391 bits per heavy atom. The maximum atomic E-state index is 2.69. The minimum Gasteiger partial charge on any atom is -0.268 e. The molecule has 0 aromatic rings. The van der Waals surface area contributed by atoms with Gasteiger partial charge in [0.15, 0.2) is 0 Å². The lowest BCUT2D eigenvalue weighted by Gasteiger charge is -2.62. The Kier molecular flexibility index (Phi) is 8.78. The fraction of sp³-hybridized carbons (Fsp3) is 1.00. The average molecular weight is 328 g/mol. The smallest absolute Gasteiger partial charge is 0.129 e. The van der Waals surface area contributed by atoms with Crippen LogP contribution in [-0.4, -0.2) is 56.7 Å². The topological polar surface area (TPSA) is 9.72 Å². The predicted octanol–water partition coefficient (Wildman–Crippen LogP) is 5.02. The summed E-state index contributed by atoms with van der Waals surface area (Å²) in [7, 11) is 0. The molecule has 3 heteroatoms. The standard InChI is InChI=1S/C20H45N3/c1-14(2)21(15(3)4)20(13,22(16(5)6)17(7)8)23(18(9)10)19(11)12/h14-19H,1-13H3.